The molecule has 24 nitrogen and oxygen atoms in total. The van der Waals surface area contributed by atoms with E-state index in [1.807, 2.05) is 79.7 Å². The lowest BCUT2D eigenvalue weighted by atomic mass is 9.86. The molecule has 0 radical (unpaired) electrons. The lowest BCUT2D eigenvalue weighted by Gasteiger charge is -2.29. The summed E-state index contributed by atoms with van der Waals surface area (Å²) < 4.78 is 72.0. The summed E-state index contributed by atoms with van der Waals surface area (Å²) in [5.41, 5.74) is -4.09. The zero-order valence-corrected chi connectivity index (χ0v) is 58.8. The van der Waals surface area contributed by atoms with E-state index < -0.39 is 97.6 Å². The van der Waals surface area contributed by atoms with Crippen LogP contribution in [0.3, 0.4) is 0 Å². The summed E-state index contributed by atoms with van der Waals surface area (Å²) in [6.45, 7) is 12.0. The maximum absolute atomic E-state index is 15.2. The summed E-state index contributed by atoms with van der Waals surface area (Å²) in [7, 11) is -11.0. The third-order valence-corrected chi connectivity index (χ3v) is 26.6. The van der Waals surface area contributed by atoms with Crippen molar-refractivity contribution < 1.29 is 27.3 Å². The molecule has 6 heterocycles. The summed E-state index contributed by atoms with van der Waals surface area (Å²) in [4.78, 5) is 131. The minimum Gasteiger partial charge on any atom is -0.439 e. The summed E-state index contributed by atoms with van der Waals surface area (Å²) in [6, 6.07) is 43.1. The average Bonchev–Trinajstić information content (AvgIpc) is 0.773. The van der Waals surface area contributed by atoms with Gasteiger partial charge in [0.25, 0.3) is 22.1 Å². The molecule has 0 saturated heterocycles. The van der Waals surface area contributed by atoms with E-state index in [1.54, 1.807) is 79.7 Å². The van der Waals surface area contributed by atoms with Crippen LogP contribution < -0.4 is 80.7 Å². The van der Waals surface area contributed by atoms with E-state index in [0.29, 0.717) is 39.6 Å². The smallest absolute Gasteiger partial charge is 0.336 e. The van der Waals surface area contributed by atoms with E-state index in [-0.39, 0.29) is 103 Å². The first-order valence-corrected chi connectivity index (χ1v) is 39.2. The van der Waals surface area contributed by atoms with E-state index in [4.69, 9.17) is 13.6 Å². The Balaban J connectivity index is 0.897. The molecule has 6 atom stereocenters. The standard InChI is InChI=1S/C74H78N9O15P3/c1-6-37-75-66(84)76(38-7-2)70(88)82(69(75)87)49-52(9-4)47-53(50-83-71(89)77(39-8-3)67(85)78(74(83)92)40-22-43-99(93)63-34-19-13-28-57(63)54-25-10-16-31-60(54)96-99)46-51(5)48-81-72(90)79(41-23-44-100(94)64-35-20-14-29-58(64)55-26-11-17-32-61(55)97-100)68(86)80(73(81)91)42-24-45-101(95)65-36-21-15-30-59(65)56-27-12-18-33-62(56)98-101/h6-8,10-21,25-36,51-53H,1-3,9,22-24,37-50H2,4-5H3. The lowest BCUT2D eigenvalue weighted by molar-refractivity contribution is 0.232. The molecule has 0 saturated carbocycles. The van der Waals surface area contributed by atoms with Crippen LogP contribution in [0.1, 0.15) is 52.4 Å². The van der Waals surface area contributed by atoms with Gasteiger partial charge >= 0.3 is 51.2 Å². The first-order chi connectivity index (χ1) is 48.7. The molecule has 524 valence electrons. The molecule has 12 rings (SSSR count). The van der Waals surface area contributed by atoms with Crippen LogP contribution in [0.4, 0.5) is 0 Å². The average molecular weight is 1430 g/mol. The van der Waals surface area contributed by atoms with Gasteiger partial charge in [-0.25, -0.2) is 84.3 Å². The van der Waals surface area contributed by atoms with Crippen molar-refractivity contribution in [3.05, 3.63) is 278 Å². The number of allylic oxidation sites excluding steroid dienone is 3. The third kappa shape index (κ3) is 13.7. The minimum atomic E-state index is -3.69. The fraction of sp³-hybridized carbons (Fsp3) is 0.311. The van der Waals surface area contributed by atoms with Crippen LogP contribution in [0.2, 0.25) is 0 Å². The van der Waals surface area contributed by atoms with Crippen molar-refractivity contribution >= 4 is 38.0 Å². The molecule has 27 heteroatoms. The zero-order valence-electron chi connectivity index (χ0n) is 56.2. The molecule has 3 aromatic heterocycles. The maximum Gasteiger partial charge on any atom is 0.336 e. The van der Waals surface area contributed by atoms with Crippen molar-refractivity contribution in [3.8, 4) is 50.6 Å². The van der Waals surface area contributed by atoms with Crippen LogP contribution >= 0.6 is 22.1 Å². The highest BCUT2D eigenvalue weighted by atomic mass is 31.2. The summed E-state index contributed by atoms with van der Waals surface area (Å²) in [6.07, 6.45) is 4.01. The number of hydrogen-bond donors (Lipinski definition) is 0. The molecule has 9 aromatic rings. The molecule has 3 aliphatic rings. The number of fused-ring (bicyclic) bond motifs is 9. The van der Waals surface area contributed by atoms with Gasteiger partial charge in [0.05, 0.1) is 35.5 Å². The molecule has 0 N–H and O–H groups in total. The van der Waals surface area contributed by atoms with Crippen molar-refractivity contribution in [1.29, 1.82) is 0 Å². The molecule has 0 spiro atoms. The maximum atomic E-state index is 15.2. The molecule has 0 aliphatic carbocycles. The SMILES string of the molecule is C=CCn1c(=O)n(CC=C)c(=O)n(CC(CC)CC(CC(C)Cn2c(=O)n(CCCP3(=O)Oc4ccccc4-c4ccccc43)c(=O)n(CCCP3(=O)Oc4ccccc4-c4ccccc43)c2=O)Cn2c(=O)n(CC=C)c(=O)n(CCCP3(=O)Oc4ccccc4-c4ccccc43)c2=O)c1=O. The molecular formula is C74H78N9O15P3. The summed E-state index contributed by atoms with van der Waals surface area (Å²) in [5.74, 6) is -0.898. The lowest BCUT2D eigenvalue weighted by Crippen LogP contribution is -2.55. The molecule has 6 unspecified atom stereocenters. The molecular weight excluding hydrogens is 1350 g/mol. The van der Waals surface area contributed by atoms with E-state index in [9.17, 15) is 33.3 Å². The van der Waals surface area contributed by atoms with Gasteiger partial charge in [-0.05, 0) is 103 Å². The van der Waals surface area contributed by atoms with Crippen molar-refractivity contribution in [2.75, 3.05) is 18.5 Å². The van der Waals surface area contributed by atoms with Crippen molar-refractivity contribution in [3.63, 3.8) is 0 Å². The quantitative estimate of drug-likeness (QED) is 0.0315. The number of hydrogen-bond acceptors (Lipinski definition) is 15. The van der Waals surface area contributed by atoms with Gasteiger partial charge < -0.3 is 13.6 Å². The Kier molecular flexibility index (Phi) is 20.7. The van der Waals surface area contributed by atoms with Crippen LogP contribution in [0.15, 0.2) is 227 Å². The van der Waals surface area contributed by atoms with Crippen molar-refractivity contribution in [2.45, 2.75) is 111 Å². The number of para-hydroxylation sites is 3. The van der Waals surface area contributed by atoms with Crippen LogP contribution in [0.25, 0.3) is 33.4 Å². The predicted molar refractivity (Wildman–Crippen MR) is 392 cm³/mol. The Labute approximate surface area is 579 Å². The largest absolute Gasteiger partial charge is 0.439 e. The van der Waals surface area contributed by atoms with Gasteiger partial charge in [0.2, 0.25) is 0 Å². The Morgan fingerprint density at radius 3 is 0.950 bits per heavy atom. The molecule has 0 fully saturated rings. The molecule has 3 aliphatic heterocycles. The number of rotatable bonds is 29. The van der Waals surface area contributed by atoms with Gasteiger partial charge in [-0.1, -0.05) is 148 Å². The van der Waals surface area contributed by atoms with Crippen molar-refractivity contribution in [2.24, 2.45) is 17.8 Å². The Morgan fingerprint density at radius 1 is 0.347 bits per heavy atom. The number of benzene rings is 6. The van der Waals surface area contributed by atoms with Crippen LogP contribution in [-0.4, -0.2) is 59.6 Å². The van der Waals surface area contributed by atoms with Gasteiger partial charge in [-0.3, -0.25) is 13.7 Å². The molecule has 0 bridgehead atoms. The molecule has 0 amide bonds. The second kappa shape index (κ2) is 29.6. The van der Waals surface area contributed by atoms with Gasteiger partial charge in [-0.2, -0.15) is 0 Å². The highest BCUT2D eigenvalue weighted by Gasteiger charge is 2.39. The Bertz CT molecular complexity index is 5310. The van der Waals surface area contributed by atoms with Crippen LogP contribution in [-0.2, 0) is 72.6 Å². The van der Waals surface area contributed by atoms with Crippen molar-refractivity contribution in [1.82, 2.24) is 41.1 Å². The monoisotopic (exact) mass is 1430 g/mol. The van der Waals surface area contributed by atoms with E-state index in [0.717, 1.165) is 74.5 Å². The first kappa shape index (κ1) is 70.7. The second-order valence-corrected chi connectivity index (χ2v) is 33.2. The molecule has 6 aromatic carbocycles. The Hall–Kier alpha value is -10.1. The first-order valence-electron chi connectivity index (χ1n) is 33.7. The fourth-order valence-corrected chi connectivity index (χ4v) is 21.3. The van der Waals surface area contributed by atoms with E-state index in [1.165, 1.54) is 18.2 Å². The van der Waals surface area contributed by atoms with E-state index >= 15 is 23.5 Å². The third-order valence-electron chi connectivity index (χ3n) is 19.0. The second-order valence-electron chi connectivity index (χ2n) is 25.8. The highest BCUT2D eigenvalue weighted by molar-refractivity contribution is 7.68. The fourth-order valence-electron chi connectivity index (χ4n) is 14.2. The Morgan fingerprint density at radius 2 is 0.614 bits per heavy atom. The number of nitrogens with zero attached hydrogens (tertiary/aromatic N) is 9. The summed E-state index contributed by atoms with van der Waals surface area (Å²) >= 11 is 0. The van der Waals surface area contributed by atoms with Crippen LogP contribution in [0, 0.1) is 17.8 Å². The van der Waals surface area contributed by atoms with E-state index in [2.05, 4.69) is 19.7 Å². The normalized spacial score (nSPS) is 17.8. The van der Waals surface area contributed by atoms with Crippen LogP contribution in [0.5, 0.6) is 17.2 Å². The van der Waals surface area contributed by atoms with Gasteiger partial charge in [-0.15, -0.1) is 19.7 Å². The topological polar surface area (TPSA) is 277 Å². The summed E-state index contributed by atoms with van der Waals surface area (Å²) in [5, 5.41) is 1.43. The molecule has 101 heavy (non-hydrogen) atoms. The van der Waals surface area contributed by atoms with Gasteiger partial charge in [0.1, 0.15) is 17.2 Å². The number of aromatic nitrogens is 9. The predicted octanol–water partition coefficient (Wildman–Crippen LogP) is 8.32. The minimum absolute atomic E-state index is 0.0146. The van der Waals surface area contributed by atoms with Gasteiger partial charge in [0.15, 0.2) is 0 Å². The zero-order chi connectivity index (χ0) is 71.5. The highest BCUT2D eigenvalue weighted by Crippen LogP contribution is 2.57. The van der Waals surface area contributed by atoms with Gasteiger partial charge in [0, 0.05) is 74.4 Å².